The molecule has 4 heteroatoms. The van der Waals surface area contributed by atoms with Gasteiger partial charge >= 0.3 is 0 Å². The molecule has 0 aliphatic heterocycles. The largest absolute Gasteiger partial charge is 0.383 e. The molecule has 0 aliphatic carbocycles. The number of hydrogen-bond donors (Lipinski definition) is 1. The van der Waals surface area contributed by atoms with E-state index in [2.05, 4.69) is 4.98 Å². The predicted molar refractivity (Wildman–Crippen MR) is 42.0 cm³/mol. The topological polar surface area (TPSA) is 48.1 Å². The quantitative estimate of drug-likeness (QED) is 0.703. The number of anilines is 1. The molecule has 0 amide bonds. The standard InChI is InChI=1S/C6H10N2OS/c1-4-6(7)8-5(10-4)3-9-2/h3,7H2,1-2H3. The van der Waals surface area contributed by atoms with Crippen LogP contribution in [0.2, 0.25) is 0 Å². The minimum absolute atomic E-state index is 0.558. The molecule has 0 saturated heterocycles. The number of aryl methyl sites for hydroxylation is 1. The average molecular weight is 158 g/mol. The summed E-state index contributed by atoms with van der Waals surface area (Å²) in [5.41, 5.74) is 5.51. The zero-order valence-corrected chi connectivity index (χ0v) is 6.86. The minimum Gasteiger partial charge on any atom is -0.383 e. The van der Waals surface area contributed by atoms with E-state index in [-0.39, 0.29) is 0 Å². The first-order valence-electron chi connectivity index (χ1n) is 2.94. The highest BCUT2D eigenvalue weighted by Gasteiger charge is 2.01. The zero-order valence-electron chi connectivity index (χ0n) is 6.05. The van der Waals surface area contributed by atoms with Gasteiger partial charge in [-0.3, -0.25) is 0 Å². The van der Waals surface area contributed by atoms with Gasteiger partial charge in [-0.15, -0.1) is 11.3 Å². The molecule has 1 aromatic heterocycles. The van der Waals surface area contributed by atoms with Crippen molar-refractivity contribution in [1.82, 2.24) is 4.98 Å². The van der Waals surface area contributed by atoms with Gasteiger partial charge < -0.3 is 10.5 Å². The number of hydrogen-bond acceptors (Lipinski definition) is 4. The summed E-state index contributed by atoms with van der Waals surface area (Å²) in [5, 5.41) is 0.942. The van der Waals surface area contributed by atoms with Crippen LogP contribution < -0.4 is 5.73 Å². The molecule has 0 aromatic carbocycles. The van der Waals surface area contributed by atoms with E-state index in [0.717, 1.165) is 9.88 Å². The van der Waals surface area contributed by atoms with Gasteiger partial charge in [0.15, 0.2) is 0 Å². The number of methoxy groups -OCH3 is 1. The van der Waals surface area contributed by atoms with E-state index in [0.29, 0.717) is 12.4 Å². The monoisotopic (exact) mass is 158 g/mol. The molecule has 0 saturated carbocycles. The number of nitrogens with two attached hydrogens (primary N) is 1. The third-order valence-corrected chi connectivity index (χ3v) is 2.10. The maximum absolute atomic E-state index is 5.51. The Kier molecular flexibility index (Phi) is 2.24. The summed E-state index contributed by atoms with van der Waals surface area (Å²) in [6, 6.07) is 0. The molecule has 0 radical (unpaired) electrons. The van der Waals surface area contributed by atoms with E-state index in [1.54, 1.807) is 18.4 Å². The van der Waals surface area contributed by atoms with Crippen molar-refractivity contribution in [3.8, 4) is 0 Å². The Morgan fingerprint density at radius 1 is 1.70 bits per heavy atom. The molecule has 0 atom stereocenters. The molecule has 10 heavy (non-hydrogen) atoms. The maximum atomic E-state index is 5.51. The van der Waals surface area contributed by atoms with Gasteiger partial charge in [-0.05, 0) is 6.92 Å². The van der Waals surface area contributed by atoms with Gasteiger partial charge in [0, 0.05) is 12.0 Å². The van der Waals surface area contributed by atoms with Crippen molar-refractivity contribution >= 4 is 17.2 Å². The summed E-state index contributed by atoms with van der Waals surface area (Å²) in [6.07, 6.45) is 0. The Morgan fingerprint density at radius 3 is 2.80 bits per heavy atom. The van der Waals surface area contributed by atoms with E-state index in [9.17, 15) is 0 Å². The van der Waals surface area contributed by atoms with Gasteiger partial charge in [-0.25, -0.2) is 4.98 Å². The predicted octanol–water partition coefficient (Wildman–Crippen LogP) is 1.18. The SMILES string of the molecule is COCc1nc(N)c(C)s1. The van der Waals surface area contributed by atoms with Crippen LogP contribution >= 0.6 is 11.3 Å². The van der Waals surface area contributed by atoms with Crippen LogP contribution in [0, 0.1) is 6.92 Å². The maximum Gasteiger partial charge on any atom is 0.137 e. The van der Waals surface area contributed by atoms with Crippen molar-refractivity contribution in [2.75, 3.05) is 12.8 Å². The summed E-state index contributed by atoms with van der Waals surface area (Å²) in [4.78, 5) is 5.13. The van der Waals surface area contributed by atoms with Crippen LogP contribution in [0.15, 0.2) is 0 Å². The second-order valence-electron chi connectivity index (χ2n) is 1.98. The van der Waals surface area contributed by atoms with Gasteiger partial charge in [0.1, 0.15) is 10.8 Å². The fourth-order valence-corrected chi connectivity index (χ4v) is 1.47. The molecule has 0 unspecified atom stereocenters. The summed E-state index contributed by atoms with van der Waals surface area (Å²) in [5.74, 6) is 0.622. The third kappa shape index (κ3) is 1.46. The summed E-state index contributed by atoms with van der Waals surface area (Å²) < 4.78 is 4.89. The summed E-state index contributed by atoms with van der Waals surface area (Å²) in [7, 11) is 1.65. The van der Waals surface area contributed by atoms with E-state index < -0.39 is 0 Å². The normalized spacial score (nSPS) is 10.2. The van der Waals surface area contributed by atoms with Crippen LogP contribution in [-0.4, -0.2) is 12.1 Å². The molecule has 56 valence electrons. The van der Waals surface area contributed by atoms with Gasteiger partial charge in [0.2, 0.25) is 0 Å². The molecule has 3 nitrogen and oxygen atoms in total. The average Bonchev–Trinajstić information content (AvgIpc) is 2.14. The smallest absolute Gasteiger partial charge is 0.137 e. The third-order valence-electron chi connectivity index (χ3n) is 1.14. The van der Waals surface area contributed by atoms with E-state index >= 15 is 0 Å². The first-order chi connectivity index (χ1) is 4.74. The number of aromatic nitrogens is 1. The minimum atomic E-state index is 0.558. The van der Waals surface area contributed by atoms with Crippen LogP contribution in [0.5, 0.6) is 0 Å². The van der Waals surface area contributed by atoms with Crippen LogP contribution in [0.1, 0.15) is 9.88 Å². The second kappa shape index (κ2) is 2.98. The van der Waals surface area contributed by atoms with Crippen molar-refractivity contribution < 1.29 is 4.74 Å². The highest BCUT2D eigenvalue weighted by Crippen LogP contribution is 2.18. The van der Waals surface area contributed by atoms with E-state index in [4.69, 9.17) is 10.5 Å². The lowest BCUT2D eigenvalue weighted by molar-refractivity contribution is 0.184. The van der Waals surface area contributed by atoms with Crippen molar-refractivity contribution in [3.05, 3.63) is 9.88 Å². The van der Waals surface area contributed by atoms with Gasteiger partial charge in [-0.1, -0.05) is 0 Å². The number of rotatable bonds is 2. The van der Waals surface area contributed by atoms with Crippen LogP contribution in [-0.2, 0) is 11.3 Å². The summed E-state index contributed by atoms with van der Waals surface area (Å²) in [6.45, 7) is 2.51. The Balaban J connectivity index is 2.77. The lowest BCUT2D eigenvalue weighted by Gasteiger charge is -1.88. The molecule has 0 spiro atoms. The van der Waals surface area contributed by atoms with E-state index in [1.165, 1.54) is 0 Å². The molecular formula is C6H10N2OS. The molecular weight excluding hydrogens is 148 g/mol. The number of ether oxygens (including phenoxy) is 1. The Morgan fingerprint density at radius 2 is 2.40 bits per heavy atom. The van der Waals surface area contributed by atoms with Crippen LogP contribution in [0.25, 0.3) is 0 Å². The molecule has 1 heterocycles. The van der Waals surface area contributed by atoms with Gasteiger partial charge in [-0.2, -0.15) is 0 Å². The molecule has 1 aromatic rings. The molecule has 2 N–H and O–H groups in total. The first-order valence-corrected chi connectivity index (χ1v) is 3.76. The van der Waals surface area contributed by atoms with Crippen LogP contribution in [0.4, 0.5) is 5.82 Å². The lowest BCUT2D eigenvalue weighted by atomic mass is 10.6. The van der Waals surface area contributed by atoms with E-state index in [1.807, 2.05) is 6.92 Å². The Hall–Kier alpha value is -0.610. The van der Waals surface area contributed by atoms with Crippen molar-refractivity contribution in [2.24, 2.45) is 0 Å². The first kappa shape index (κ1) is 7.50. The number of thiazole rings is 1. The number of nitrogens with zero attached hydrogens (tertiary/aromatic N) is 1. The zero-order chi connectivity index (χ0) is 7.56. The van der Waals surface area contributed by atoms with Crippen molar-refractivity contribution in [1.29, 1.82) is 0 Å². The number of nitrogen functional groups attached to an aromatic ring is 1. The van der Waals surface area contributed by atoms with Crippen molar-refractivity contribution in [2.45, 2.75) is 13.5 Å². The summed E-state index contributed by atoms with van der Waals surface area (Å²) >= 11 is 1.58. The Bertz CT molecular complexity index is 202. The second-order valence-corrected chi connectivity index (χ2v) is 3.27. The van der Waals surface area contributed by atoms with Gasteiger partial charge in [0.25, 0.3) is 0 Å². The highest BCUT2D eigenvalue weighted by molar-refractivity contribution is 7.12. The molecule has 0 aliphatic rings. The lowest BCUT2D eigenvalue weighted by Crippen LogP contribution is -1.88. The molecule has 0 bridgehead atoms. The molecule has 0 fully saturated rings. The van der Waals surface area contributed by atoms with Gasteiger partial charge in [0.05, 0.1) is 6.61 Å². The van der Waals surface area contributed by atoms with Crippen LogP contribution in [0.3, 0.4) is 0 Å². The highest BCUT2D eigenvalue weighted by atomic mass is 32.1. The van der Waals surface area contributed by atoms with Crippen molar-refractivity contribution in [3.63, 3.8) is 0 Å². The fraction of sp³-hybridized carbons (Fsp3) is 0.500. The Labute approximate surface area is 63.8 Å². The molecule has 1 rings (SSSR count). The fourth-order valence-electron chi connectivity index (χ4n) is 0.650.